The van der Waals surface area contributed by atoms with Crippen molar-refractivity contribution in [1.29, 1.82) is 0 Å². The zero-order valence-corrected chi connectivity index (χ0v) is 22.2. The summed E-state index contributed by atoms with van der Waals surface area (Å²) in [6, 6.07) is 15.9. The van der Waals surface area contributed by atoms with E-state index in [1.807, 2.05) is 54.9 Å². The molecule has 2 N–H and O–H groups in total. The number of rotatable bonds is 7. The fourth-order valence-electron chi connectivity index (χ4n) is 4.30. The van der Waals surface area contributed by atoms with Crippen molar-refractivity contribution in [3.63, 3.8) is 0 Å². The van der Waals surface area contributed by atoms with Crippen LogP contribution in [0.25, 0.3) is 11.1 Å². The van der Waals surface area contributed by atoms with Crippen molar-refractivity contribution < 1.29 is 23.8 Å². The van der Waals surface area contributed by atoms with E-state index in [4.69, 9.17) is 19.9 Å². The fraction of sp³-hybridized carbons (Fsp3) is 0.241. The third-order valence-corrected chi connectivity index (χ3v) is 7.20. The van der Waals surface area contributed by atoms with Crippen molar-refractivity contribution in [2.75, 3.05) is 12.3 Å². The Morgan fingerprint density at radius 2 is 1.67 bits per heavy atom. The van der Waals surface area contributed by atoms with E-state index >= 15 is 0 Å². The number of carbonyl (C=O) groups is 2. The number of ether oxygens (including phenoxy) is 3. The maximum absolute atomic E-state index is 12.9. The van der Waals surface area contributed by atoms with E-state index in [-0.39, 0.29) is 18.8 Å². The number of anilines is 1. The van der Waals surface area contributed by atoms with Gasteiger partial charge >= 0.3 is 17.6 Å². The predicted octanol–water partition coefficient (Wildman–Crippen LogP) is 4.54. The van der Waals surface area contributed by atoms with Crippen molar-refractivity contribution in [2.24, 2.45) is 0 Å². The van der Waals surface area contributed by atoms with E-state index in [1.165, 1.54) is 15.9 Å². The molecule has 0 radical (unpaired) electrons. The van der Waals surface area contributed by atoms with E-state index in [9.17, 15) is 14.4 Å². The Hall–Kier alpha value is -4.28. The van der Waals surface area contributed by atoms with Gasteiger partial charge in [0.2, 0.25) is 0 Å². The first-order valence-electron chi connectivity index (χ1n) is 12.4. The number of nitrogens with two attached hydrogens (primary N) is 1. The zero-order valence-electron chi connectivity index (χ0n) is 21.4. The largest absolute Gasteiger partial charge is 0.459 e. The van der Waals surface area contributed by atoms with Gasteiger partial charge in [-0.3, -0.25) is 4.57 Å². The van der Waals surface area contributed by atoms with Gasteiger partial charge < -0.3 is 19.9 Å². The van der Waals surface area contributed by atoms with Crippen LogP contribution in [0.4, 0.5) is 5.82 Å². The fourth-order valence-corrected chi connectivity index (χ4v) is 4.95. The van der Waals surface area contributed by atoms with Crippen LogP contribution in [0.1, 0.15) is 44.5 Å². The van der Waals surface area contributed by atoms with E-state index in [2.05, 4.69) is 4.98 Å². The number of thiophene rings is 1. The minimum absolute atomic E-state index is 0.110. The first kappa shape index (κ1) is 26.3. The number of carbonyl (C=O) groups excluding carboxylic acids is 2. The summed E-state index contributed by atoms with van der Waals surface area (Å²) in [6.45, 7) is 3.67. The Morgan fingerprint density at radius 3 is 2.28 bits per heavy atom. The van der Waals surface area contributed by atoms with Gasteiger partial charge in [0.05, 0.1) is 11.1 Å². The molecule has 39 heavy (non-hydrogen) atoms. The summed E-state index contributed by atoms with van der Waals surface area (Å²) in [6.07, 6.45) is -0.672. The summed E-state index contributed by atoms with van der Waals surface area (Å²) >= 11 is 1.49. The first-order chi connectivity index (χ1) is 18.8. The monoisotopic (exact) mass is 545 g/mol. The van der Waals surface area contributed by atoms with E-state index in [1.54, 1.807) is 30.5 Å². The summed E-state index contributed by atoms with van der Waals surface area (Å²) in [5.74, 6) is -0.962. The third-order valence-electron chi connectivity index (χ3n) is 6.52. The molecule has 1 aliphatic heterocycles. The second kappa shape index (κ2) is 11.2. The molecule has 0 unspecified atom stereocenters. The van der Waals surface area contributed by atoms with Crippen LogP contribution >= 0.6 is 11.3 Å². The Labute approximate surface area is 228 Å². The molecule has 4 aromatic rings. The van der Waals surface area contributed by atoms with Crippen LogP contribution in [0.2, 0.25) is 0 Å². The Kier molecular flexibility index (Phi) is 7.58. The molecule has 3 heterocycles. The number of nitrogens with zero attached hydrogens (tertiary/aromatic N) is 2. The van der Waals surface area contributed by atoms with Gasteiger partial charge in [0, 0.05) is 18.2 Å². The van der Waals surface area contributed by atoms with Gasteiger partial charge in [-0.1, -0.05) is 35.4 Å². The van der Waals surface area contributed by atoms with Gasteiger partial charge in [-0.2, -0.15) is 16.3 Å². The SMILES string of the molecule is Cc1ccc(C(=O)OC[C@H]2O[C@@H](n3cc(-c4ccsc4)c(N)nc3=O)C[C@@H]2OC(=O)c2ccc(C)cc2)cc1. The number of hydrogen-bond donors (Lipinski definition) is 1. The molecule has 2 aromatic carbocycles. The lowest BCUT2D eigenvalue weighted by Crippen LogP contribution is -2.32. The zero-order chi connectivity index (χ0) is 27.5. The lowest BCUT2D eigenvalue weighted by atomic mass is 10.1. The molecule has 2 aromatic heterocycles. The predicted molar refractivity (Wildman–Crippen MR) is 147 cm³/mol. The molecule has 1 saturated heterocycles. The molecular weight excluding hydrogens is 518 g/mol. The lowest BCUT2D eigenvalue weighted by molar-refractivity contribution is -0.0581. The first-order valence-corrected chi connectivity index (χ1v) is 13.3. The second-order valence-corrected chi connectivity index (χ2v) is 10.2. The van der Waals surface area contributed by atoms with Gasteiger partial charge in [0.1, 0.15) is 30.9 Å². The number of nitrogen functional groups attached to an aromatic ring is 1. The maximum atomic E-state index is 12.9. The van der Waals surface area contributed by atoms with Crippen molar-refractivity contribution in [3.8, 4) is 11.1 Å². The summed E-state index contributed by atoms with van der Waals surface area (Å²) in [4.78, 5) is 42.4. The summed E-state index contributed by atoms with van der Waals surface area (Å²) < 4.78 is 18.8. The Morgan fingerprint density at radius 1 is 1.03 bits per heavy atom. The van der Waals surface area contributed by atoms with Crippen molar-refractivity contribution in [2.45, 2.75) is 38.7 Å². The van der Waals surface area contributed by atoms with Crippen LogP contribution < -0.4 is 11.4 Å². The van der Waals surface area contributed by atoms with Gasteiger partial charge in [0.25, 0.3) is 0 Å². The Bertz CT molecular complexity index is 1530. The van der Waals surface area contributed by atoms with Crippen LogP contribution in [0.3, 0.4) is 0 Å². The number of benzene rings is 2. The van der Waals surface area contributed by atoms with Crippen molar-refractivity contribution >= 4 is 29.1 Å². The minimum atomic E-state index is -0.818. The third kappa shape index (κ3) is 5.92. The molecule has 10 heteroatoms. The second-order valence-electron chi connectivity index (χ2n) is 9.38. The van der Waals surface area contributed by atoms with Crippen LogP contribution in [-0.4, -0.2) is 40.3 Å². The molecule has 1 aliphatic rings. The van der Waals surface area contributed by atoms with E-state index in [0.717, 1.165) is 16.7 Å². The number of aryl methyl sites for hydroxylation is 2. The van der Waals surface area contributed by atoms with Gasteiger partial charge in [-0.15, -0.1) is 0 Å². The van der Waals surface area contributed by atoms with Crippen LogP contribution in [0, 0.1) is 13.8 Å². The van der Waals surface area contributed by atoms with Gasteiger partial charge in [-0.25, -0.2) is 14.4 Å². The number of hydrogen-bond acceptors (Lipinski definition) is 9. The molecule has 0 spiro atoms. The van der Waals surface area contributed by atoms with Crippen LogP contribution in [0.5, 0.6) is 0 Å². The molecule has 1 fully saturated rings. The lowest BCUT2D eigenvalue weighted by Gasteiger charge is -2.19. The molecule has 9 nitrogen and oxygen atoms in total. The molecule has 3 atom stereocenters. The van der Waals surface area contributed by atoms with E-state index < -0.39 is 36.1 Å². The molecule has 0 amide bonds. The quantitative estimate of drug-likeness (QED) is 0.336. The van der Waals surface area contributed by atoms with Gasteiger partial charge in [-0.05, 0) is 60.5 Å². The number of aromatic nitrogens is 2. The van der Waals surface area contributed by atoms with Crippen LogP contribution in [-0.2, 0) is 14.2 Å². The summed E-state index contributed by atoms with van der Waals surface area (Å²) in [5, 5.41) is 3.80. The molecule has 0 bridgehead atoms. The highest BCUT2D eigenvalue weighted by molar-refractivity contribution is 7.08. The smallest absolute Gasteiger partial charge is 0.351 e. The maximum Gasteiger partial charge on any atom is 0.351 e. The molecular formula is C29H27N3O6S. The van der Waals surface area contributed by atoms with E-state index in [0.29, 0.717) is 16.7 Å². The number of esters is 2. The average Bonchev–Trinajstić information content (AvgIpc) is 3.59. The van der Waals surface area contributed by atoms with Crippen molar-refractivity contribution in [3.05, 3.63) is 104 Å². The summed E-state index contributed by atoms with van der Waals surface area (Å²) in [5.41, 5.74) is 9.64. The molecule has 5 rings (SSSR count). The highest BCUT2D eigenvalue weighted by atomic mass is 32.1. The average molecular weight is 546 g/mol. The highest BCUT2D eigenvalue weighted by Crippen LogP contribution is 2.33. The van der Waals surface area contributed by atoms with Crippen molar-refractivity contribution in [1.82, 2.24) is 9.55 Å². The molecule has 0 saturated carbocycles. The Balaban J connectivity index is 1.39. The van der Waals surface area contributed by atoms with Gasteiger partial charge in [0.15, 0.2) is 0 Å². The van der Waals surface area contributed by atoms with Crippen LogP contribution in [0.15, 0.2) is 76.3 Å². The summed E-state index contributed by atoms with van der Waals surface area (Å²) in [7, 11) is 0. The highest BCUT2D eigenvalue weighted by Gasteiger charge is 2.40. The topological polar surface area (TPSA) is 123 Å². The molecule has 0 aliphatic carbocycles. The standard InChI is InChI=1S/C29H27N3O6S/c1-17-3-7-19(8-4-17)27(33)36-15-24-23(38-28(34)20-9-5-18(2)6-10-20)13-25(37-24)32-14-22(21-11-12-39-16-21)26(30)31-29(32)35/h3-12,14,16,23-25H,13,15H2,1-2H3,(H2,30,31,35)/t23-,24+,25+/m0/s1. The minimum Gasteiger partial charge on any atom is -0.459 e. The molecule has 200 valence electrons. The normalized spacial score (nSPS) is 18.6.